The second-order valence-corrected chi connectivity index (χ2v) is 18.9. The number of ether oxygens (including phenoxy) is 5. The van der Waals surface area contributed by atoms with Crippen LogP contribution in [0.25, 0.3) is 0 Å². The van der Waals surface area contributed by atoms with Crippen LogP contribution in [0.2, 0.25) is 10.0 Å². The van der Waals surface area contributed by atoms with Crippen LogP contribution in [0.5, 0.6) is 40.2 Å². The lowest BCUT2D eigenvalue weighted by molar-refractivity contribution is -0.174. The van der Waals surface area contributed by atoms with Gasteiger partial charge >= 0.3 is 22.2 Å². The summed E-state index contributed by atoms with van der Waals surface area (Å²) in [7, 11) is 0.836. The number of methoxy groups -OCH3 is 3. The van der Waals surface area contributed by atoms with Crippen molar-refractivity contribution in [2.24, 2.45) is 0 Å². The molecule has 26 heteroatoms. The summed E-state index contributed by atoms with van der Waals surface area (Å²) in [5.74, 6) is -8.98. The van der Waals surface area contributed by atoms with Gasteiger partial charge in [-0.2, -0.15) is 21.6 Å². The van der Waals surface area contributed by atoms with Gasteiger partial charge in [-0.1, -0.05) is 53.5 Å². The molecule has 0 saturated carbocycles. The van der Waals surface area contributed by atoms with Gasteiger partial charge in [0.25, 0.3) is 0 Å². The van der Waals surface area contributed by atoms with Crippen molar-refractivity contribution in [3.63, 3.8) is 0 Å². The van der Waals surface area contributed by atoms with Crippen LogP contribution >= 0.6 is 39.1 Å². The molecule has 5 aromatic rings. The zero-order chi connectivity index (χ0) is 53.5. The van der Waals surface area contributed by atoms with Gasteiger partial charge in [-0.05, 0) is 86.7 Å². The van der Waals surface area contributed by atoms with Gasteiger partial charge in [0.2, 0.25) is 23.6 Å². The second kappa shape index (κ2) is 23.3. The van der Waals surface area contributed by atoms with E-state index in [4.69, 9.17) is 51.1 Å². The molecule has 6 N–H and O–H groups in total. The van der Waals surface area contributed by atoms with E-state index in [0.717, 1.165) is 24.3 Å². The van der Waals surface area contributed by atoms with E-state index in [2.05, 4.69) is 37.2 Å². The van der Waals surface area contributed by atoms with Crippen LogP contribution in [-0.4, -0.2) is 89.9 Å². The smallest absolute Gasteiger partial charge is 0.471 e. The highest BCUT2D eigenvalue weighted by molar-refractivity contribution is 9.10. The number of aliphatic hydroxyl groups excluding tert-OH is 1. The first-order valence-electron chi connectivity index (χ1n) is 21.1. The molecule has 5 aromatic carbocycles. The summed E-state index contributed by atoms with van der Waals surface area (Å²) in [5, 5.41) is 22.6. The van der Waals surface area contributed by atoms with E-state index in [0.29, 0.717) is 11.8 Å². The number of alkyl halides is 3. The third-order valence-corrected chi connectivity index (χ3v) is 12.3. The Bertz CT molecular complexity index is 3000. The molecule has 0 aromatic heterocycles. The molecule has 2 aliphatic heterocycles. The van der Waals surface area contributed by atoms with E-state index in [1.165, 1.54) is 64.8 Å². The van der Waals surface area contributed by atoms with E-state index in [1.54, 1.807) is 35.6 Å². The minimum absolute atomic E-state index is 0.0927. The maximum absolute atomic E-state index is 15.2. The van der Waals surface area contributed by atoms with Crippen molar-refractivity contribution in [1.29, 1.82) is 0 Å². The van der Waals surface area contributed by atoms with Gasteiger partial charge in [0.1, 0.15) is 59.9 Å². The third kappa shape index (κ3) is 13.6. The molecule has 5 atom stereocenters. The Balaban J connectivity index is 1.61. The average molecular weight is 1140 g/mol. The predicted molar refractivity (Wildman–Crippen MR) is 259 cm³/mol. The number of likely N-dealkylation sites (N-methyl/N-ethyl adjacent to an activating group) is 1. The summed E-state index contributed by atoms with van der Waals surface area (Å²) in [6.07, 6.45) is -7.13. The Kier molecular flexibility index (Phi) is 17.6. The normalized spacial score (nSPS) is 17.4. The summed E-state index contributed by atoms with van der Waals surface area (Å²) >= 11 is 16.5. The zero-order valence-corrected chi connectivity index (χ0v) is 42.6. The molecule has 5 amide bonds. The van der Waals surface area contributed by atoms with Crippen LogP contribution in [0.1, 0.15) is 52.0 Å². The first-order chi connectivity index (χ1) is 34.4. The Labute approximate surface area is 433 Å². The lowest BCUT2D eigenvalue weighted by Gasteiger charge is -2.30. The van der Waals surface area contributed by atoms with Crippen LogP contribution < -0.4 is 54.5 Å². The van der Waals surface area contributed by atoms with Gasteiger partial charge in [0, 0.05) is 24.7 Å². The molecule has 19 nitrogen and oxygen atoms in total. The topological polar surface area (TPSA) is 255 Å². The monoisotopic (exact) mass is 1140 g/mol. The molecule has 2 heterocycles. The summed E-state index contributed by atoms with van der Waals surface area (Å²) in [6.45, 7) is -0.163. The number of hydrogen-bond donors (Lipinski definition) is 6. The van der Waals surface area contributed by atoms with Crippen molar-refractivity contribution in [1.82, 2.24) is 26.6 Å². The highest BCUT2D eigenvalue weighted by Gasteiger charge is 2.43. The fraction of sp³-hybridized carbons (Fsp3) is 0.255. The van der Waals surface area contributed by atoms with Crippen LogP contribution in [0.3, 0.4) is 0 Å². The minimum atomic E-state index is -5.61. The molecule has 0 radical (unpaired) electrons. The van der Waals surface area contributed by atoms with Crippen molar-refractivity contribution >= 4 is 78.8 Å². The lowest BCUT2D eigenvalue weighted by atomic mass is 9.97. The minimum Gasteiger partial charge on any atom is -0.497 e. The summed E-state index contributed by atoms with van der Waals surface area (Å²) in [6, 6.07) is 12.3. The largest absolute Gasteiger partial charge is 0.497 e. The number of aliphatic hydroxyl groups is 1. The number of benzene rings is 5. The number of carbonyl (C=O) groups excluding carboxylic acids is 5. The van der Waals surface area contributed by atoms with Gasteiger partial charge in [0.15, 0.2) is 17.2 Å². The fourth-order valence-corrected chi connectivity index (χ4v) is 8.88. The molecule has 4 bridgehead atoms. The first-order valence-corrected chi connectivity index (χ1v) is 24.5. The lowest BCUT2D eigenvalue weighted by Crippen LogP contribution is -2.55. The molecule has 0 fully saturated rings. The fourth-order valence-electron chi connectivity index (χ4n) is 7.17. The van der Waals surface area contributed by atoms with Crippen LogP contribution in [0.4, 0.5) is 13.2 Å². The number of halogens is 6. The molecule has 0 unspecified atom stereocenters. The van der Waals surface area contributed by atoms with E-state index >= 15 is 4.79 Å². The Morgan fingerprint density at radius 3 is 2.05 bits per heavy atom. The van der Waals surface area contributed by atoms with Crippen molar-refractivity contribution in [2.45, 2.75) is 43.1 Å². The maximum atomic E-state index is 15.2. The van der Waals surface area contributed by atoms with E-state index in [9.17, 15) is 45.9 Å². The van der Waals surface area contributed by atoms with Crippen molar-refractivity contribution in [2.75, 3.05) is 34.6 Å². The number of amides is 5. The standard InChI is InChI=1S/C47H43BrCl2F3N5O14S/c1-54-42(60)35(23-13-27(68-3)19-28(14-23)69-4)55-45(63)38-39(59)25-16-31(49)41(32(50)17-25)71-34-18-24(15-30(48)40(34)72-73(5,65)66)36(58-46(64)47(51,52)53)43(61)56-37(44(62)57-38)29-12-11-26(67-2)20-33(29)70-21-22-9-7-6-8-10-22/h6-20,35-39,59H,21H2,1-5H3,(H,54,60)(H,55,63)(H,56,61)(H,57,62)(H,58,64)/t35-,36+,37+,38+,39-/m0/s1. The summed E-state index contributed by atoms with van der Waals surface area (Å²) in [4.78, 5) is 71.1. The quantitative estimate of drug-likeness (QED) is 0.0677. The highest BCUT2D eigenvalue weighted by atomic mass is 79.9. The van der Waals surface area contributed by atoms with Crippen molar-refractivity contribution < 1.29 is 78.5 Å². The van der Waals surface area contributed by atoms with E-state index in [1.807, 2.05) is 0 Å². The van der Waals surface area contributed by atoms with Gasteiger partial charge in [0.05, 0.1) is 42.1 Å². The molecule has 0 aliphatic carbocycles. The molecule has 73 heavy (non-hydrogen) atoms. The van der Waals surface area contributed by atoms with E-state index < -0.39 is 109 Å². The van der Waals surface area contributed by atoms with Gasteiger partial charge in [-0.25, -0.2) is 0 Å². The Hall–Kier alpha value is -6.99. The first kappa shape index (κ1) is 55.3. The maximum Gasteiger partial charge on any atom is 0.471 e. The van der Waals surface area contributed by atoms with Gasteiger partial charge in [-0.15, -0.1) is 0 Å². The molecular formula is C47H43BrCl2F3N5O14S. The molecule has 0 spiro atoms. The van der Waals surface area contributed by atoms with Crippen LogP contribution in [-0.2, 0) is 40.7 Å². The van der Waals surface area contributed by atoms with Crippen LogP contribution in [0.15, 0.2) is 95.5 Å². The number of rotatable bonds is 14. The SMILES string of the molecule is CNC(=O)[C@@H](NC(=O)[C@@H]1NC(=O)[C@@H](c2ccc(OC)cc2OCc2ccccc2)NC(=O)[C@H](NC(=O)C(F)(F)F)c2cc(Br)c(OS(C)(=O)=O)c(c2)Oc2c(Cl)cc(cc2Cl)[C@@H]1O)c1cc(OC)cc(OC)c1. The Morgan fingerprint density at radius 1 is 0.849 bits per heavy atom. The number of nitrogens with one attached hydrogen (secondary N) is 5. The zero-order valence-electron chi connectivity index (χ0n) is 38.7. The van der Waals surface area contributed by atoms with Crippen molar-refractivity contribution in [3.05, 3.63) is 133 Å². The van der Waals surface area contributed by atoms with Gasteiger partial charge in [-0.3, -0.25) is 24.0 Å². The molecule has 2 aliphatic rings. The number of fused-ring (bicyclic) bond motifs is 9. The van der Waals surface area contributed by atoms with E-state index in [-0.39, 0.29) is 50.8 Å². The Morgan fingerprint density at radius 2 is 1.48 bits per heavy atom. The predicted octanol–water partition coefficient (Wildman–Crippen LogP) is 6.20. The number of carbonyl (C=O) groups is 5. The van der Waals surface area contributed by atoms with Crippen LogP contribution in [0, 0.1) is 0 Å². The number of hydrogen-bond acceptors (Lipinski definition) is 14. The molecule has 388 valence electrons. The molecular weight excluding hydrogens is 1100 g/mol. The summed E-state index contributed by atoms with van der Waals surface area (Å²) < 4.78 is 100. The summed E-state index contributed by atoms with van der Waals surface area (Å²) in [5.41, 5.74) is -0.321. The highest BCUT2D eigenvalue weighted by Crippen LogP contribution is 2.46. The molecule has 7 rings (SSSR count). The third-order valence-electron chi connectivity index (χ3n) is 10.7. The molecule has 0 saturated heterocycles. The van der Waals surface area contributed by atoms with Crippen molar-refractivity contribution in [3.8, 4) is 40.2 Å². The second-order valence-electron chi connectivity index (χ2n) is 15.7. The van der Waals surface area contributed by atoms with Gasteiger partial charge < -0.3 is 59.6 Å². The average Bonchev–Trinajstić information content (AvgIpc) is 3.35.